The standard InChI is InChI=1S/C21H15FN4O4/c22-17-9-6-15(7-10-17)8-12-19(16-4-2-1-3-5-16)23-24-20-13-11-18(25(27)28)14-21(20)26(29)30/h1-14,24H. The summed E-state index contributed by atoms with van der Waals surface area (Å²) >= 11 is 0. The van der Waals surface area contributed by atoms with E-state index in [1.165, 1.54) is 18.2 Å². The Balaban J connectivity index is 1.95. The average Bonchev–Trinajstić information content (AvgIpc) is 2.75. The highest BCUT2D eigenvalue weighted by atomic mass is 19.1. The molecule has 0 aliphatic rings. The summed E-state index contributed by atoms with van der Waals surface area (Å²) in [6.07, 6.45) is 3.39. The zero-order valence-corrected chi connectivity index (χ0v) is 15.4. The van der Waals surface area contributed by atoms with Crippen LogP contribution in [0.1, 0.15) is 11.1 Å². The lowest BCUT2D eigenvalue weighted by molar-refractivity contribution is -0.393. The van der Waals surface area contributed by atoms with Crippen LogP contribution >= 0.6 is 0 Å². The molecule has 150 valence electrons. The number of rotatable bonds is 7. The highest BCUT2D eigenvalue weighted by molar-refractivity contribution is 6.11. The largest absolute Gasteiger partial charge is 0.301 e. The van der Waals surface area contributed by atoms with Crippen molar-refractivity contribution >= 4 is 28.8 Å². The van der Waals surface area contributed by atoms with Crippen molar-refractivity contribution in [1.82, 2.24) is 0 Å². The molecule has 0 saturated heterocycles. The van der Waals surface area contributed by atoms with Crippen LogP contribution in [0.3, 0.4) is 0 Å². The monoisotopic (exact) mass is 406 g/mol. The molecule has 0 amide bonds. The van der Waals surface area contributed by atoms with Gasteiger partial charge in [0, 0.05) is 11.6 Å². The molecule has 0 aliphatic heterocycles. The van der Waals surface area contributed by atoms with Gasteiger partial charge in [0.1, 0.15) is 11.5 Å². The first-order valence-electron chi connectivity index (χ1n) is 8.69. The molecule has 8 nitrogen and oxygen atoms in total. The maximum Gasteiger partial charge on any atom is 0.301 e. The Bertz CT molecular complexity index is 1130. The first-order chi connectivity index (χ1) is 14.4. The van der Waals surface area contributed by atoms with Crippen LogP contribution in [-0.2, 0) is 0 Å². The highest BCUT2D eigenvalue weighted by Crippen LogP contribution is 2.29. The minimum Gasteiger partial charge on any atom is -0.271 e. The van der Waals surface area contributed by atoms with Crippen molar-refractivity contribution in [3.63, 3.8) is 0 Å². The summed E-state index contributed by atoms with van der Waals surface area (Å²) in [6, 6.07) is 18.2. The number of hydrazone groups is 1. The predicted molar refractivity (Wildman–Crippen MR) is 112 cm³/mol. The van der Waals surface area contributed by atoms with Gasteiger partial charge in [-0.15, -0.1) is 0 Å². The molecule has 0 radical (unpaired) electrons. The zero-order chi connectivity index (χ0) is 21.5. The fourth-order valence-electron chi connectivity index (χ4n) is 2.56. The van der Waals surface area contributed by atoms with Crippen molar-refractivity contribution in [2.45, 2.75) is 0 Å². The van der Waals surface area contributed by atoms with E-state index in [-0.39, 0.29) is 11.5 Å². The van der Waals surface area contributed by atoms with E-state index in [0.717, 1.165) is 23.3 Å². The summed E-state index contributed by atoms with van der Waals surface area (Å²) in [7, 11) is 0. The minimum atomic E-state index is -0.721. The van der Waals surface area contributed by atoms with E-state index >= 15 is 0 Å². The number of anilines is 1. The fraction of sp³-hybridized carbons (Fsp3) is 0. The van der Waals surface area contributed by atoms with Gasteiger partial charge in [-0.1, -0.05) is 48.5 Å². The lowest BCUT2D eigenvalue weighted by atomic mass is 10.1. The van der Waals surface area contributed by atoms with Crippen LogP contribution in [0.25, 0.3) is 6.08 Å². The normalized spacial score (nSPS) is 11.4. The number of nitro groups is 2. The number of allylic oxidation sites excluding steroid dienone is 1. The molecule has 1 N–H and O–H groups in total. The topological polar surface area (TPSA) is 111 Å². The van der Waals surface area contributed by atoms with Crippen LogP contribution in [-0.4, -0.2) is 15.6 Å². The van der Waals surface area contributed by atoms with Gasteiger partial charge in [-0.3, -0.25) is 25.7 Å². The summed E-state index contributed by atoms with van der Waals surface area (Å²) in [5, 5.41) is 26.4. The quantitative estimate of drug-likeness (QED) is 0.330. The fourth-order valence-corrected chi connectivity index (χ4v) is 2.56. The SMILES string of the molecule is O=[N+]([O-])c1ccc(NN=C(C=Cc2ccc(F)cc2)c2ccccc2)c([N+](=O)[O-])c1. The van der Waals surface area contributed by atoms with Crippen molar-refractivity contribution in [2.24, 2.45) is 5.10 Å². The number of benzene rings is 3. The van der Waals surface area contributed by atoms with Crippen molar-refractivity contribution < 1.29 is 14.2 Å². The molecule has 0 spiro atoms. The molecular weight excluding hydrogens is 391 g/mol. The van der Waals surface area contributed by atoms with E-state index in [9.17, 15) is 24.6 Å². The third-order valence-electron chi connectivity index (χ3n) is 4.06. The molecule has 0 aliphatic carbocycles. The zero-order valence-electron chi connectivity index (χ0n) is 15.4. The molecular formula is C21H15FN4O4. The number of halogens is 1. The molecule has 0 fully saturated rings. The van der Waals surface area contributed by atoms with Gasteiger partial charge in [0.25, 0.3) is 5.69 Å². The second-order valence-electron chi connectivity index (χ2n) is 6.08. The van der Waals surface area contributed by atoms with Gasteiger partial charge in [-0.25, -0.2) is 4.39 Å². The lowest BCUT2D eigenvalue weighted by Crippen LogP contribution is -2.03. The number of nitro benzene ring substituents is 2. The molecule has 30 heavy (non-hydrogen) atoms. The van der Waals surface area contributed by atoms with Gasteiger partial charge in [0.05, 0.1) is 21.6 Å². The summed E-state index contributed by atoms with van der Waals surface area (Å²) in [4.78, 5) is 20.8. The van der Waals surface area contributed by atoms with Gasteiger partial charge in [0.15, 0.2) is 0 Å². The van der Waals surface area contributed by atoms with Gasteiger partial charge < -0.3 is 0 Å². The molecule has 0 atom stereocenters. The van der Waals surface area contributed by atoms with E-state index in [1.807, 2.05) is 18.2 Å². The Hall–Kier alpha value is -4.40. The first-order valence-corrected chi connectivity index (χ1v) is 8.69. The van der Waals surface area contributed by atoms with Crippen LogP contribution in [0.5, 0.6) is 0 Å². The lowest BCUT2D eigenvalue weighted by Gasteiger charge is -2.06. The van der Waals surface area contributed by atoms with Crippen molar-refractivity contribution in [3.8, 4) is 0 Å². The van der Waals surface area contributed by atoms with Crippen LogP contribution in [0.15, 0.2) is 84.0 Å². The third-order valence-corrected chi connectivity index (χ3v) is 4.06. The van der Waals surface area contributed by atoms with Crippen LogP contribution in [0.2, 0.25) is 0 Å². The molecule has 3 rings (SSSR count). The Morgan fingerprint density at radius 1 is 0.933 bits per heavy atom. The molecule has 3 aromatic rings. The molecule has 0 saturated carbocycles. The Kier molecular flexibility index (Phi) is 6.23. The number of non-ortho nitro benzene ring substituents is 1. The molecule has 0 aromatic heterocycles. The van der Waals surface area contributed by atoms with Gasteiger partial charge in [0.2, 0.25) is 0 Å². The molecule has 9 heteroatoms. The maximum atomic E-state index is 13.1. The predicted octanol–water partition coefficient (Wildman–Crippen LogP) is 5.17. The van der Waals surface area contributed by atoms with Crippen LogP contribution < -0.4 is 5.43 Å². The number of nitrogens with one attached hydrogen (secondary N) is 1. The summed E-state index contributed by atoms with van der Waals surface area (Å²) in [5.41, 5.74) is 3.68. The Labute approximate surface area is 170 Å². The minimum absolute atomic E-state index is 0.00853. The van der Waals surface area contributed by atoms with Crippen LogP contribution in [0.4, 0.5) is 21.5 Å². The van der Waals surface area contributed by atoms with E-state index < -0.39 is 21.2 Å². The third kappa shape index (κ3) is 5.10. The first kappa shape index (κ1) is 20.3. The molecule has 3 aromatic carbocycles. The molecule has 0 heterocycles. The van der Waals surface area contributed by atoms with Gasteiger partial charge >= 0.3 is 5.69 Å². The number of nitrogens with zero attached hydrogens (tertiary/aromatic N) is 3. The van der Waals surface area contributed by atoms with E-state index in [1.54, 1.807) is 36.4 Å². The second-order valence-corrected chi connectivity index (χ2v) is 6.08. The smallest absolute Gasteiger partial charge is 0.271 e. The Morgan fingerprint density at radius 2 is 1.63 bits per heavy atom. The maximum absolute atomic E-state index is 13.1. The van der Waals surface area contributed by atoms with Gasteiger partial charge in [-0.2, -0.15) is 5.10 Å². The van der Waals surface area contributed by atoms with E-state index in [2.05, 4.69) is 10.5 Å². The van der Waals surface area contributed by atoms with Crippen LogP contribution in [0, 0.1) is 26.0 Å². The van der Waals surface area contributed by atoms with Gasteiger partial charge in [-0.05, 0) is 29.8 Å². The second kappa shape index (κ2) is 9.20. The van der Waals surface area contributed by atoms with Crippen molar-refractivity contribution in [1.29, 1.82) is 0 Å². The van der Waals surface area contributed by atoms with E-state index in [4.69, 9.17) is 0 Å². The Morgan fingerprint density at radius 3 is 2.27 bits per heavy atom. The summed E-state index contributed by atoms with van der Waals surface area (Å²) < 4.78 is 13.1. The van der Waals surface area contributed by atoms with E-state index in [0.29, 0.717) is 5.71 Å². The number of hydrogen-bond donors (Lipinski definition) is 1. The number of hydrogen-bond acceptors (Lipinski definition) is 6. The summed E-state index contributed by atoms with van der Waals surface area (Å²) in [6.45, 7) is 0. The molecule has 0 unspecified atom stereocenters. The summed E-state index contributed by atoms with van der Waals surface area (Å²) in [5.74, 6) is -0.351. The van der Waals surface area contributed by atoms with Crippen molar-refractivity contribution in [3.05, 3.63) is 116 Å². The van der Waals surface area contributed by atoms with Crippen molar-refractivity contribution in [2.75, 3.05) is 5.43 Å². The highest BCUT2D eigenvalue weighted by Gasteiger charge is 2.19. The molecule has 0 bridgehead atoms. The average molecular weight is 406 g/mol.